The molecule has 0 atom stereocenters. The van der Waals surface area contributed by atoms with Crippen LogP contribution in [0.5, 0.6) is 0 Å². The fourth-order valence-electron chi connectivity index (χ4n) is 0.930. The van der Waals surface area contributed by atoms with E-state index >= 15 is 0 Å². The van der Waals surface area contributed by atoms with Gasteiger partial charge in [0.2, 0.25) is 0 Å². The van der Waals surface area contributed by atoms with Crippen LogP contribution < -0.4 is 5.32 Å². The number of hydrogen-bond acceptors (Lipinski definition) is 2. The second-order valence-electron chi connectivity index (χ2n) is 3.62. The lowest BCUT2D eigenvalue weighted by molar-refractivity contribution is 0.147. The van der Waals surface area contributed by atoms with Crippen molar-refractivity contribution >= 4 is 27.7 Å². The van der Waals surface area contributed by atoms with Crippen LogP contribution in [-0.4, -0.2) is 12.7 Å². The van der Waals surface area contributed by atoms with Gasteiger partial charge in [0.05, 0.1) is 6.61 Å². The molecule has 1 aromatic rings. The summed E-state index contributed by atoms with van der Waals surface area (Å²) in [5.41, 5.74) is 0.729. The van der Waals surface area contributed by atoms with Crippen LogP contribution in [0.4, 0.5) is 10.5 Å². The molecule has 15 heavy (non-hydrogen) atoms. The molecule has 3 nitrogen and oxygen atoms in total. The van der Waals surface area contributed by atoms with Crippen LogP contribution in [0, 0.1) is 5.92 Å². The number of halogens is 1. The van der Waals surface area contributed by atoms with Crippen LogP contribution in [0.15, 0.2) is 28.7 Å². The van der Waals surface area contributed by atoms with Crippen LogP contribution in [0.3, 0.4) is 0 Å². The zero-order chi connectivity index (χ0) is 11.3. The summed E-state index contributed by atoms with van der Waals surface area (Å²) in [6, 6.07) is 7.33. The fourth-order valence-corrected chi connectivity index (χ4v) is 1.19. The minimum Gasteiger partial charge on any atom is -0.449 e. The van der Waals surface area contributed by atoms with E-state index in [-0.39, 0.29) is 0 Å². The van der Waals surface area contributed by atoms with E-state index in [4.69, 9.17) is 4.74 Å². The summed E-state index contributed by atoms with van der Waals surface area (Å²) in [6.45, 7) is 4.42. The van der Waals surface area contributed by atoms with E-state index in [1.165, 1.54) is 0 Å². The van der Waals surface area contributed by atoms with Gasteiger partial charge in [-0.15, -0.1) is 0 Å². The Morgan fingerprint density at radius 2 is 2.00 bits per heavy atom. The maximum absolute atomic E-state index is 11.3. The molecule has 4 heteroatoms. The van der Waals surface area contributed by atoms with E-state index in [9.17, 15) is 4.79 Å². The molecule has 0 fully saturated rings. The minimum absolute atomic E-state index is 0.348. The monoisotopic (exact) mass is 271 g/mol. The fraction of sp³-hybridized carbons (Fsp3) is 0.364. The SMILES string of the molecule is CC(C)COC(=O)Nc1ccc(Br)cc1. The maximum atomic E-state index is 11.3. The standard InChI is InChI=1S/C11H14BrNO2/c1-8(2)7-15-11(14)13-10-5-3-9(12)4-6-10/h3-6,8H,7H2,1-2H3,(H,13,14). The van der Waals surface area contributed by atoms with Crippen molar-refractivity contribution in [1.29, 1.82) is 0 Å². The van der Waals surface area contributed by atoms with Crippen LogP contribution in [0.25, 0.3) is 0 Å². The molecule has 0 saturated carbocycles. The van der Waals surface area contributed by atoms with Crippen LogP contribution in [-0.2, 0) is 4.74 Å². The quantitative estimate of drug-likeness (QED) is 0.912. The first-order valence-corrected chi connectivity index (χ1v) is 5.56. The molecule has 0 aromatic heterocycles. The van der Waals surface area contributed by atoms with Gasteiger partial charge in [0.1, 0.15) is 0 Å². The largest absolute Gasteiger partial charge is 0.449 e. The van der Waals surface area contributed by atoms with Crippen LogP contribution >= 0.6 is 15.9 Å². The Balaban J connectivity index is 2.41. The van der Waals surface area contributed by atoms with Crippen molar-refractivity contribution < 1.29 is 9.53 Å². The molecule has 82 valence electrons. The molecule has 0 saturated heterocycles. The highest BCUT2D eigenvalue weighted by Crippen LogP contribution is 2.14. The Morgan fingerprint density at radius 3 is 2.53 bits per heavy atom. The van der Waals surface area contributed by atoms with Gasteiger partial charge in [0.15, 0.2) is 0 Å². The van der Waals surface area contributed by atoms with E-state index in [1.807, 2.05) is 26.0 Å². The number of ether oxygens (including phenoxy) is 1. The van der Waals surface area contributed by atoms with Crippen molar-refractivity contribution in [2.45, 2.75) is 13.8 Å². The van der Waals surface area contributed by atoms with Crippen molar-refractivity contribution in [3.8, 4) is 0 Å². The summed E-state index contributed by atoms with van der Waals surface area (Å²) in [5.74, 6) is 0.348. The molecular weight excluding hydrogens is 258 g/mol. The lowest BCUT2D eigenvalue weighted by Crippen LogP contribution is -2.16. The van der Waals surface area contributed by atoms with Gasteiger partial charge in [-0.2, -0.15) is 0 Å². The second kappa shape index (κ2) is 5.75. The number of nitrogens with one attached hydrogen (secondary N) is 1. The molecule has 0 aliphatic rings. The van der Waals surface area contributed by atoms with Gasteiger partial charge in [-0.3, -0.25) is 5.32 Å². The maximum Gasteiger partial charge on any atom is 0.411 e. The highest BCUT2D eigenvalue weighted by molar-refractivity contribution is 9.10. The molecule has 1 rings (SSSR count). The molecular formula is C11H14BrNO2. The Kier molecular flexibility index (Phi) is 4.62. The van der Waals surface area contributed by atoms with Gasteiger partial charge in [-0.1, -0.05) is 29.8 Å². The van der Waals surface area contributed by atoms with Gasteiger partial charge in [0, 0.05) is 10.2 Å². The molecule has 0 bridgehead atoms. The van der Waals surface area contributed by atoms with Crippen LogP contribution in [0.1, 0.15) is 13.8 Å². The summed E-state index contributed by atoms with van der Waals surface area (Å²) in [4.78, 5) is 11.3. The number of rotatable bonds is 3. The third-order valence-electron chi connectivity index (χ3n) is 1.64. The normalized spacial score (nSPS) is 10.1. The van der Waals surface area contributed by atoms with Gasteiger partial charge in [-0.25, -0.2) is 4.79 Å². The number of carbonyl (C=O) groups excluding carboxylic acids is 1. The predicted octanol–water partition coefficient (Wildman–Crippen LogP) is 3.65. The smallest absolute Gasteiger partial charge is 0.411 e. The molecule has 0 heterocycles. The molecule has 1 N–H and O–H groups in total. The first-order chi connectivity index (χ1) is 7.08. The molecule has 1 amide bonds. The molecule has 0 aliphatic carbocycles. The second-order valence-corrected chi connectivity index (χ2v) is 4.54. The Morgan fingerprint density at radius 1 is 1.40 bits per heavy atom. The average molecular weight is 272 g/mol. The minimum atomic E-state index is -0.411. The molecule has 0 radical (unpaired) electrons. The van der Waals surface area contributed by atoms with Crippen molar-refractivity contribution in [2.75, 3.05) is 11.9 Å². The van der Waals surface area contributed by atoms with Crippen molar-refractivity contribution in [3.05, 3.63) is 28.7 Å². The van der Waals surface area contributed by atoms with Gasteiger partial charge in [0.25, 0.3) is 0 Å². The van der Waals surface area contributed by atoms with Crippen molar-refractivity contribution in [2.24, 2.45) is 5.92 Å². The highest BCUT2D eigenvalue weighted by Gasteiger charge is 2.03. The number of hydrogen-bond donors (Lipinski definition) is 1. The lowest BCUT2D eigenvalue weighted by Gasteiger charge is -2.08. The molecule has 0 aliphatic heterocycles. The molecule has 0 spiro atoms. The topological polar surface area (TPSA) is 38.3 Å². The van der Waals surface area contributed by atoms with E-state index in [2.05, 4.69) is 21.2 Å². The Bertz CT molecular complexity index is 322. The molecule has 0 unspecified atom stereocenters. The average Bonchev–Trinajstić information content (AvgIpc) is 2.19. The lowest BCUT2D eigenvalue weighted by atomic mass is 10.2. The number of amides is 1. The highest BCUT2D eigenvalue weighted by atomic mass is 79.9. The summed E-state index contributed by atoms with van der Waals surface area (Å²) in [6.07, 6.45) is -0.411. The van der Waals surface area contributed by atoms with E-state index in [0.717, 1.165) is 10.2 Å². The molecule has 1 aromatic carbocycles. The number of benzene rings is 1. The Labute approximate surface area is 97.9 Å². The first kappa shape index (κ1) is 12.0. The van der Waals surface area contributed by atoms with Crippen molar-refractivity contribution in [1.82, 2.24) is 0 Å². The third-order valence-corrected chi connectivity index (χ3v) is 2.17. The van der Waals surface area contributed by atoms with Gasteiger partial charge in [-0.05, 0) is 30.2 Å². The van der Waals surface area contributed by atoms with E-state index < -0.39 is 6.09 Å². The van der Waals surface area contributed by atoms with Gasteiger partial charge >= 0.3 is 6.09 Å². The summed E-state index contributed by atoms with van der Waals surface area (Å²) in [7, 11) is 0. The van der Waals surface area contributed by atoms with E-state index in [0.29, 0.717) is 12.5 Å². The summed E-state index contributed by atoms with van der Waals surface area (Å²) >= 11 is 3.32. The third kappa shape index (κ3) is 4.83. The predicted molar refractivity (Wildman–Crippen MR) is 64.0 cm³/mol. The zero-order valence-corrected chi connectivity index (χ0v) is 10.4. The van der Waals surface area contributed by atoms with Gasteiger partial charge < -0.3 is 4.74 Å². The zero-order valence-electron chi connectivity index (χ0n) is 8.79. The summed E-state index contributed by atoms with van der Waals surface area (Å²) in [5, 5.41) is 2.64. The first-order valence-electron chi connectivity index (χ1n) is 4.77. The number of anilines is 1. The van der Waals surface area contributed by atoms with Crippen molar-refractivity contribution in [3.63, 3.8) is 0 Å². The summed E-state index contributed by atoms with van der Waals surface area (Å²) < 4.78 is 5.95. The number of carbonyl (C=O) groups is 1. The Hall–Kier alpha value is -1.03. The van der Waals surface area contributed by atoms with Crippen LogP contribution in [0.2, 0.25) is 0 Å². The van der Waals surface area contributed by atoms with E-state index in [1.54, 1.807) is 12.1 Å².